The molecule has 0 aliphatic carbocycles. The lowest BCUT2D eigenvalue weighted by Crippen LogP contribution is -2.30. The van der Waals surface area contributed by atoms with Gasteiger partial charge in [-0.1, -0.05) is 53.0 Å². The van der Waals surface area contributed by atoms with Gasteiger partial charge in [0.05, 0.1) is 23.7 Å². The van der Waals surface area contributed by atoms with Crippen LogP contribution in [0.5, 0.6) is 0 Å². The standard InChI is InChI=1S/C26H18Cl3N3O2/c27-18-7-11-21(22(28)13-18)25(33)30-19-8-5-16(6-9-19)26(34)32-15-20-10-12-24(29)31(20)14-17-3-1-2-4-23(17)32/h1-13H,14-15H2,(H,30,33). The Balaban J connectivity index is 1.39. The number of amides is 2. The highest BCUT2D eigenvalue weighted by Gasteiger charge is 2.25. The van der Waals surface area contributed by atoms with Crippen LogP contribution in [0.1, 0.15) is 32.0 Å². The molecule has 34 heavy (non-hydrogen) atoms. The van der Waals surface area contributed by atoms with Gasteiger partial charge in [-0.2, -0.15) is 0 Å². The van der Waals surface area contributed by atoms with Crippen molar-refractivity contribution in [1.29, 1.82) is 0 Å². The quantitative estimate of drug-likeness (QED) is 0.326. The number of carbonyl (C=O) groups is 2. The van der Waals surface area contributed by atoms with E-state index in [1.54, 1.807) is 41.3 Å². The van der Waals surface area contributed by atoms with Gasteiger partial charge in [-0.05, 0) is 66.2 Å². The van der Waals surface area contributed by atoms with Gasteiger partial charge in [-0.3, -0.25) is 9.59 Å². The van der Waals surface area contributed by atoms with E-state index in [4.69, 9.17) is 34.8 Å². The van der Waals surface area contributed by atoms with Gasteiger partial charge >= 0.3 is 0 Å². The maximum Gasteiger partial charge on any atom is 0.258 e. The molecule has 3 aromatic carbocycles. The van der Waals surface area contributed by atoms with Crippen molar-refractivity contribution in [3.8, 4) is 0 Å². The Hall–Kier alpha value is -3.25. The second-order valence-electron chi connectivity index (χ2n) is 7.91. The Morgan fingerprint density at radius 1 is 0.824 bits per heavy atom. The van der Waals surface area contributed by atoms with E-state index in [2.05, 4.69) is 5.32 Å². The lowest BCUT2D eigenvalue weighted by atomic mass is 10.1. The van der Waals surface area contributed by atoms with E-state index >= 15 is 0 Å². The Kier molecular flexibility index (Phi) is 6.09. The van der Waals surface area contributed by atoms with Crippen LogP contribution in [-0.2, 0) is 13.1 Å². The minimum atomic E-state index is -0.361. The fourth-order valence-corrected chi connectivity index (χ4v) is 4.75. The van der Waals surface area contributed by atoms with Crippen LogP contribution in [0.25, 0.3) is 0 Å². The Labute approximate surface area is 211 Å². The first-order chi connectivity index (χ1) is 16.4. The van der Waals surface area contributed by atoms with Crippen molar-refractivity contribution in [3.63, 3.8) is 0 Å². The molecule has 1 aliphatic heterocycles. The number of hydrogen-bond acceptors (Lipinski definition) is 2. The maximum atomic E-state index is 13.5. The smallest absolute Gasteiger partial charge is 0.258 e. The number of benzene rings is 3. The molecule has 8 heteroatoms. The lowest BCUT2D eigenvalue weighted by molar-refractivity contribution is 0.0983. The van der Waals surface area contributed by atoms with Crippen LogP contribution in [0.4, 0.5) is 11.4 Å². The minimum Gasteiger partial charge on any atom is -0.330 e. The molecule has 5 nitrogen and oxygen atoms in total. The number of halogens is 3. The normalized spacial score (nSPS) is 12.5. The third-order valence-electron chi connectivity index (χ3n) is 5.76. The number of anilines is 2. The molecule has 0 bridgehead atoms. The second kappa shape index (κ2) is 9.18. The summed E-state index contributed by atoms with van der Waals surface area (Å²) < 4.78 is 2.01. The van der Waals surface area contributed by atoms with Gasteiger partial charge < -0.3 is 14.8 Å². The largest absolute Gasteiger partial charge is 0.330 e. The van der Waals surface area contributed by atoms with E-state index in [9.17, 15) is 9.59 Å². The number of aromatic nitrogens is 1. The zero-order chi connectivity index (χ0) is 23.8. The van der Waals surface area contributed by atoms with E-state index < -0.39 is 0 Å². The van der Waals surface area contributed by atoms with Crippen molar-refractivity contribution in [2.75, 3.05) is 10.2 Å². The highest BCUT2D eigenvalue weighted by atomic mass is 35.5. The molecule has 1 N–H and O–H groups in total. The molecule has 1 aliphatic rings. The van der Waals surface area contributed by atoms with Crippen LogP contribution in [0.3, 0.4) is 0 Å². The number of fused-ring (bicyclic) bond motifs is 2. The molecular weight excluding hydrogens is 493 g/mol. The van der Waals surface area contributed by atoms with Crippen molar-refractivity contribution in [2.24, 2.45) is 0 Å². The van der Waals surface area contributed by atoms with Gasteiger partial charge in [0.2, 0.25) is 0 Å². The zero-order valence-corrected chi connectivity index (χ0v) is 20.0. The average Bonchev–Trinajstić information content (AvgIpc) is 3.07. The number of hydrogen-bond donors (Lipinski definition) is 1. The summed E-state index contributed by atoms with van der Waals surface area (Å²) in [4.78, 5) is 27.9. The summed E-state index contributed by atoms with van der Waals surface area (Å²) in [6.07, 6.45) is 0. The molecule has 5 rings (SSSR count). The van der Waals surface area contributed by atoms with Crippen LogP contribution >= 0.6 is 34.8 Å². The summed E-state index contributed by atoms with van der Waals surface area (Å²) in [6.45, 7) is 0.996. The number of para-hydroxylation sites is 1. The van der Waals surface area contributed by atoms with Gasteiger partial charge in [-0.15, -0.1) is 0 Å². The molecule has 0 atom stereocenters. The van der Waals surface area contributed by atoms with E-state index in [1.807, 2.05) is 41.0 Å². The minimum absolute atomic E-state index is 0.142. The monoisotopic (exact) mass is 509 g/mol. The van der Waals surface area contributed by atoms with E-state index in [0.717, 1.165) is 16.9 Å². The highest BCUT2D eigenvalue weighted by Crippen LogP contribution is 2.31. The molecule has 0 fully saturated rings. The summed E-state index contributed by atoms with van der Waals surface area (Å²) >= 11 is 18.4. The molecule has 170 valence electrons. The molecule has 1 aromatic heterocycles. The summed E-state index contributed by atoms with van der Waals surface area (Å²) in [7, 11) is 0. The molecule has 0 unspecified atom stereocenters. The van der Waals surface area contributed by atoms with Crippen molar-refractivity contribution in [3.05, 3.63) is 116 Å². The van der Waals surface area contributed by atoms with Crippen LogP contribution in [0.15, 0.2) is 78.9 Å². The molecule has 4 aromatic rings. The first-order valence-electron chi connectivity index (χ1n) is 10.5. The highest BCUT2D eigenvalue weighted by molar-refractivity contribution is 6.37. The molecule has 2 heterocycles. The lowest BCUT2D eigenvalue weighted by Gasteiger charge is -2.23. The maximum absolute atomic E-state index is 13.5. The Morgan fingerprint density at radius 3 is 2.35 bits per heavy atom. The van der Waals surface area contributed by atoms with Gasteiger partial charge in [-0.25, -0.2) is 0 Å². The summed E-state index contributed by atoms with van der Waals surface area (Å²) in [5, 5.41) is 4.15. The van der Waals surface area contributed by atoms with Gasteiger partial charge in [0.25, 0.3) is 11.8 Å². The number of nitrogens with zero attached hydrogens (tertiary/aromatic N) is 2. The van der Waals surface area contributed by atoms with Crippen molar-refractivity contribution in [1.82, 2.24) is 4.57 Å². The predicted molar refractivity (Wildman–Crippen MR) is 136 cm³/mol. The first-order valence-corrected chi connectivity index (χ1v) is 11.6. The SMILES string of the molecule is O=C(Nc1ccc(C(=O)N2Cc3ccc(Cl)n3Cc3ccccc32)cc1)c1ccc(Cl)cc1Cl. The van der Waals surface area contributed by atoms with Crippen molar-refractivity contribution < 1.29 is 9.59 Å². The number of carbonyl (C=O) groups excluding carboxylic acids is 2. The van der Waals surface area contributed by atoms with Gasteiger partial charge in [0.15, 0.2) is 0 Å². The third kappa shape index (κ3) is 4.30. The number of rotatable bonds is 3. The Bertz CT molecular complexity index is 1410. The third-order valence-corrected chi connectivity index (χ3v) is 6.64. The topological polar surface area (TPSA) is 54.3 Å². The van der Waals surface area contributed by atoms with Crippen molar-refractivity contribution in [2.45, 2.75) is 13.1 Å². The first kappa shape index (κ1) is 22.5. The van der Waals surface area contributed by atoms with Crippen LogP contribution in [-0.4, -0.2) is 16.4 Å². The predicted octanol–water partition coefficient (Wildman–Crippen LogP) is 6.91. The summed E-state index contributed by atoms with van der Waals surface area (Å²) in [5.74, 6) is -0.503. The summed E-state index contributed by atoms with van der Waals surface area (Å²) in [5.41, 5.74) is 4.18. The molecule has 0 radical (unpaired) electrons. The van der Waals surface area contributed by atoms with E-state index in [1.165, 1.54) is 6.07 Å². The van der Waals surface area contributed by atoms with Crippen LogP contribution in [0, 0.1) is 0 Å². The fourth-order valence-electron chi connectivity index (χ4n) is 4.03. The molecular formula is C26H18Cl3N3O2. The molecule has 0 spiro atoms. The fraction of sp³-hybridized carbons (Fsp3) is 0.0769. The number of nitrogens with one attached hydrogen (secondary N) is 1. The molecule has 0 saturated carbocycles. The van der Waals surface area contributed by atoms with E-state index in [0.29, 0.717) is 40.1 Å². The molecule has 0 saturated heterocycles. The van der Waals surface area contributed by atoms with Crippen LogP contribution < -0.4 is 10.2 Å². The Morgan fingerprint density at radius 2 is 1.59 bits per heavy atom. The van der Waals surface area contributed by atoms with Crippen LogP contribution in [0.2, 0.25) is 15.2 Å². The average molecular weight is 511 g/mol. The molecule has 2 amide bonds. The second-order valence-corrected chi connectivity index (χ2v) is 9.14. The van der Waals surface area contributed by atoms with E-state index in [-0.39, 0.29) is 16.8 Å². The summed E-state index contributed by atoms with van der Waals surface area (Å²) in [6, 6.07) is 23.1. The van der Waals surface area contributed by atoms with Crippen molar-refractivity contribution >= 4 is 58.0 Å². The van der Waals surface area contributed by atoms with Gasteiger partial charge in [0, 0.05) is 27.7 Å². The van der Waals surface area contributed by atoms with Gasteiger partial charge in [0.1, 0.15) is 5.15 Å². The zero-order valence-electron chi connectivity index (χ0n) is 17.8.